The molecule has 0 spiro atoms. The maximum Gasteiger partial charge on any atom is 0.241 e. The number of benzene rings is 1. The minimum absolute atomic E-state index is 0. The summed E-state index contributed by atoms with van der Waals surface area (Å²) in [7, 11) is 4.96. The first-order valence-electron chi connectivity index (χ1n) is 5.68. The minimum atomic E-state index is -0.0943. The van der Waals surface area contributed by atoms with Gasteiger partial charge in [-0.05, 0) is 17.7 Å². The second-order valence-electron chi connectivity index (χ2n) is 4.46. The van der Waals surface area contributed by atoms with Gasteiger partial charge in [0, 0.05) is 26.8 Å². The number of carbonyl (C=O) groups excluding carboxylic acids is 2. The molecule has 0 aliphatic rings. The van der Waals surface area contributed by atoms with Gasteiger partial charge in [0.1, 0.15) is 0 Å². The molecule has 0 unspecified atom stereocenters. The monoisotopic (exact) mass is 285 g/mol. The van der Waals surface area contributed by atoms with Gasteiger partial charge in [0.15, 0.2) is 0 Å². The Morgan fingerprint density at radius 1 is 1.05 bits per heavy atom. The van der Waals surface area contributed by atoms with E-state index in [-0.39, 0.29) is 37.2 Å². The molecule has 0 aromatic heterocycles. The molecule has 0 bridgehead atoms. The topological polar surface area (TPSA) is 66.6 Å². The van der Waals surface area contributed by atoms with Gasteiger partial charge >= 0.3 is 0 Å². The number of likely N-dealkylation sites (N-methyl/N-ethyl adjacent to an activating group) is 2. The van der Waals surface area contributed by atoms with Crippen molar-refractivity contribution in [2.75, 3.05) is 33.4 Å². The summed E-state index contributed by atoms with van der Waals surface area (Å²) < 4.78 is 0. The quantitative estimate of drug-likeness (QED) is 0.832. The number of anilines is 1. The summed E-state index contributed by atoms with van der Waals surface area (Å²) >= 11 is 0. The van der Waals surface area contributed by atoms with E-state index in [1.807, 2.05) is 12.1 Å². The molecule has 1 aromatic carbocycles. The highest BCUT2D eigenvalue weighted by molar-refractivity contribution is 5.85. The van der Waals surface area contributed by atoms with E-state index in [1.54, 1.807) is 33.3 Å². The molecule has 19 heavy (non-hydrogen) atoms. The number of carbonyl (C=O) groups is 2. The molecule has 0 saturated carbocycles. The zero-order valence-electron chi connectivity index (χ0n) is 11.4. The summed E-state index contributed by atoms with van der Waals surface area (Å²) in [6.45, 7) is 0.0980. The molecule has 2 N–H and O–H groups in total. The van der Waals surface area contributed by atoms with Crippen LogP contribution in [0.4, 0.5) is 5.69 Å². The number of hydrogen-bond acceptors (Lipinski definition) is 3. The first-order chi connectivity index (χ1) is 8.40. The van der Waals surface area contributed by atoms with Crippen molar-refractivity contribution >= 4 is 29.9 Å². The average molecular weight is 286 g/mol. The van der Waals surface area contributed by atoms with Crippen LogP contribution in [0.25, 0.3) is 0 Å². The molecular weight excluding hydrogens is 266 g/mol. The van der Waals surface area contributed by atoms with Crippen molar-refractivity contribution < 1.29 is 9.59 Å². The SMILES string of the molecule is CN(C)C(=O)CN(C)C(=O)Cc1ccc(N)cc1.Cl. The van der Waals surface area contributed by atoms with Crippen molar-refractivity contribution in [2.24, 2.45) is 0 Å². The fourth-order valence-corrected chi connectivity index (χ4v) is 1.38. The van der Waals surface area contributed by atoms with Crippen LogP contribution in [-0.2, 0) is 16.0 Å². The summed E-state index contributed by atoms with van der Waals surface area (Å²) in [5, 5.41) is 0. The van der Waals surface area contributed by atoms with Crippen LogP contribution in [0, 0.1) is 0 Å². The highest BCUT2D eigenvalue weighted by Crippen LogP contribution is 2.07. The molecule has 1 aromatic rings. The number of hydrogen-bond donors (Lipinski definition) is 1. The molecule has 0 heterocycles. The summed E-state index contributed by atoms with van der Waals surface area (Å²) in [4.78, 5) is 26.2. The predicted molar refractivity (Wildman–Crippen MR) is 78.1 cm³/mol. The van der Waals surface area contributed by atoms with Crippen molar-refractivity contribution in [3.63, 3.8) is 0 Å². The van der Waals surface area contributed by atoms with Gasteiger partial charge in [-0.3, -0.25) is 9.59 Å². The van der Waals surface area contributed by atoms with E-state index in [2.05, 4.69) is 0 Å². The molecule has 5 nitrogen and oxygen atoms in total. The maximum absolute atomic E-state index is 11.9. The Hall–Kier alpha value is -1.75. The highest BCUT2D eigenvalue weighted by Gasteiger charge is 2.14. The van der Waals surface area contributed by atoms with Crippen LogP contribution in [0.1, 0.15) is 5.56 Å². The molecule has 0 aliphatic carbocycles. The molecule has 1 rings (SSSR count). The normalized spacial score (nSPS) is 9.42. The Morgan fingerprint density at radius 2 is 1.58 bits per heavy atom. The average Bonchev–Trinajstić information content (AvgIpc) is 2.31. The number of nitrogens with two attached hydrogens (primary N) is 1. The van der Waals surface area contributed by atoms with Gasteiger partial charge in [-0.1, -0.05) is 12.1 Å². The van der Waals surface area contributed by atoms with E-state index in [4.69, 9.17) is 5.73 Å². The molecule has 0 fully saturated rings. The third-order valence-electron chi connectivity index (χ3n) is 2.63. The Kier molecular flexibility index (Phi) is 6.93. The Morgan fingerprint density at radius 3 is 2.05 bits per heavy atom. The van der Waals surface area contributed by atoms with E-state index < -0.39 is 0 Å². The lowest BCUT2D eigenvalue weighted by Gasteiger charge is -2.19. The van der Waals surface area contributed by atoms with E-state index in [9.17, 15) is 9.59 Å². The van der Waals surface area contributed by atoms with Crippen molar-refractivity contribution in [2.45, 2.75) is 6.42 Å². The van der Waals surface area contributed by atoms with E-state index in [1.165, 1.54) is 9.80 Å². The molecule has 0 aliphatic heterocycles. The van der Waals surface area contributed by atoms with Crippen LogP contribution in [0.2, 0.25) is 0 Å². The standard InChI is InChI=1S/C13H19N3O2.ClH/c1-15(2)13(18)9-16(3)12(17)8-10-4-6-11(14)7-5-10;/h4-7H,8-9,14H2,1-3H3;1H. The first-order valence-corrected chi connectivity index (χ1v) is 5.68. The van der Waals surface area contributed by atoms with Crippen LogP contribution < -0.4 is 5.73 Å². The van der Waals surface area contributed by atoms with Crippen LogP contribution in [0.15, 0.2) is 24.3 Å². The lowest BCUT2D eigenvalue weighted by atomic mass is 10.1. The zero-order valence-corrected chi connectivity index (χ0v) is 12.2. The Labute approximate surface area is 119 Å². The van der Waals surface area contributed by atoms with Gasteiger partial charge in [0.05, 0.1) is 13.0 Å². The third-order valence-corrected chi connectivity index (χ3v) is 2.63. The van der Waals surface area contributed by atoms with Gasteiger partial charge < -0.3 is 15.5 Å². The largest absolute Gasteiger partial charge is 0.399 e. The maximum atomic E-state index is 11.9. The molecule has 0 saturated heterocycles. The Balaban J connectivity index is 0.00000324. The van der Waals surface area contributed by atoms with Gasteiger partial charge in [0.2, 0.25) is 11.8 Å². The van der Waals surface area contributed by atoms with Crippen LogP contribution >= 0.6 is 12.4 Å². The minimum Gasteiger partial charge on any atom is -0.399 e. The van der Waals surface area contributed by atoms with E-state index in [0.29, 0.717) is 5.69 Å². The second kappa shape index (κ2) is 7.63. The first kappa shape index (κ1) is 17.2. The van der Waals surface area contributed by atoms with Gasteiger partial charge in [-0.2, -0.15) is 0 Å². The molecule has 2 amide bonds. The lowest BCUT2D eigenvalue weighted by molar-refractivity contribution is -0.137. The smallest absolute Gasteiger partial charge is 0.241 e. The number of nitrogen functional groups attached to an aromatic ring is 1. The van der Waals surface area contributed by atoms with Crippen LogP contribution in [0.5, 0.6) is 0 Å². The fraction of sp³-hybridized carbons (Fsp3) is 0.385. The van der Waals surface area contributed by atoms with Crippen molar-refractivity contribution in [3.8, 4) is 0 Å². The van der Waals surface area contributed by atoms with Crippen molar-refractivity contribution in [1.82, 2.24) is 9.80 Å². The number of nitrogens with zero attached hydrogens (tertiary/aromatic N) is 2. The summed E-state index contributed by atoms with van der Waals surface area (Å²) in [5.41, 5.74) is 7.13. The number of rotatable bonds is 4. The zero-order chi connectivity index (χ0) is 13.7. The van der Waals surface area contributed by atoms with Crippen LogP contribution in [0.3, 0.4) is 0 Å². The van der Waals surface area contributed by atoms with Crippen molar-refractivity contribution in [3.05, 3.63) is 29.8 Å². The lowest BCUT2D eigenvalue weighted by Crippen LogP contribution is -2.38. The molecule has 0 atom stereocenters. The highest BCUT2D eigenvalue weighted by atomic mass is 35.5. The van der Waals surface area contributed by atoms with E-state index in [0.717, 1.165) is 5.56 Å². The van der Waals surface area contributed by atoms with E-state index >= 15 is 0 Å². The van der Waals surface area contributed by atoms with Crippen molar-refractivity contribution in [1.29, 1.82) is 0 Å². The summed E-state index contributed by atoms with van der Waals surface area (Å²) in [6, 6.07) is 7.14. The number of amides is 2. The molecular formula is C13H20ClN3O2. The third kappa shape index (κ3) is 5.61. The predicted octanol–water partition coefficient (Wildman–Crippen LogP) is 0.780. The molecule has 6 heteroatoms. The molecule has 0 radical (unpaired) electrons. The second-order valence-corrected chi connectivity index (χ2v) is 4.46. The fourth-order valence-electron chi connectivity index (χ4n) is 1.38. The van der Waals surface area contributed by atoms with Gasteiger partial charge in [0.25, 0.3) is 0 Å². The summed E-state index contributed by atoms with van der Waals surface area (Å²) in [6.07, 6.45) is 0.275. The number of halogens is 1. The molecule has 106 valence electrons. The Bertz CT molecular complexity index is 432. The van der Waals surface area contributed by atoms with Crippen LogP contribution in [-0.4, -0.2) is 49.3 Å². The van der Waals surface area contributed by atoms with Gasteiger partial charge in [-0.25, -0.2) is 0 Å². The van der Waals surface area contributed by atoms with Gasteiger partial charge in [-0.15, -0.1) is 12.4 Å². The summed E-state index contributed by atoms with van der Waals surface area (Å²) in [5.74, 6) is -0.182.